The van der Waals surface area contributed by atoms with Crippen molar-refractivity contribution < 1.29 is 9.53 Å². The first-order valence-corrected chi connectivity index (χ1v) is 6.78. The molecular formula is C15H22N2O2. The predicted molar refractivity (Wildman–Crippen MR) is 75.0 cm³/mol. The van der Waals surface area contributed by atoms with E-state index in [1.807, 2.05) is 26.1 Å². The molecule has 0 radical (unpaired) electrons. The van der Waals surface area contributed by atoms with Gasteiger partial charge in [-0.2, -0.15) is 0 Å². The summed E-state index contributed by atoms with van der Waals surface area (Å²) in [7, 11) is 1.84. The molecular weight excluding hydrogens is 240 g/mol. The number of carbonyl (C=O) groups excluding carboxylic acids is 1. The van der Waals surface area contributed by atoms with Crippen LogP contribution in [-0.2, 0) is 17.8 Å². The molecule has 0 aromatic heterocycles. The number of benzene rings is 1. The molecule has 1 unspecified atom stereocenters. The Morgan fingerprint density at radius 3 is 3.05 bits per heavy atom. The third-order valence-electron chi connectivity index (χ3n) is 3.52. The SMILES string of the molecule is CC(CN)CC(=O)N(C)Cc1ccc2c(c1)CCO2. The summed E-state index contributed by atoms with van der Waals surface area (Å²) >= 11 is 0. The van der Waals surface area contributed by atoms with Crippen LogP contribution in [0, 0.1) is 5.92 Å². The Labute approximate surface area is 114 Å². The highest BCUT2D eigenvalue weighted by Gasteiger charge is 2.15. The first kappa shape index (κ1) is 13.9. The van der Waals surface area contributed by atoms with E-state index in [9.17, 15) is 4.79 Å². The van der Waals surface area contributed by atoms with Crippen molar-refractivity contribution in [2.75, 3.05) is 20.2 Å². The summed E-state index contributed by atoms with van der Waals surface area (Å²) in [6.07, 6.45) is 1.48. The van der Waals surface area contributed by atoms with Crippen molar-refractivity contribution in [3.05, 3.63) is 29.3 Å². The Hall–Kier alpha value is -1.55. The monoisotopic (exact) mass is 262 g/mol. The van der Waals surface area contributed by atoms with Gasteiger partial charge in [0.15, 0.2) is 0 Å². The van der Waals surface area contributed by atoms with Crippen LogP contribution in [-0.4, -0.2) is 31.0 Å². The fourth-order valence-corrected chi connectivity index (χ4v) is 2.24. The fraction of sp³-hybridized carbons (Fsp3) is 0.533. The van der Waals surface area contributed by atoms with Crippen LogP contribution in [0.3, 0.4) is 0 Å². The highest BCUT2D eigenvalue weighted by molar-refractivity contribution is 5.76. The van der Waals surface area contributed by atoms with Gasteiger partial charge in [-0.25, -0.2) is 0 Å². The molecule has 4 nitrogen and oxygen atoms in total. The maximum absolute atomic E-state index is 12.0. The standard InChI is InChI=1S/C15H22N2O2/c1-11(9-16)7-15(18)17(2)10-12-3-4-14-13(8-12)5-6-19-14/h3-4,8,11H,5-7,9-10,16H2,1-2H3. The molecule has 1 aromatic rings. The Bertz CT molecular complexity index is 459. The molecule has 4 heteroatoms. The minimum absolute atomic E-state index is 0.148. The summed E-state index contributed by atoms with van der Waals surface area (Å²) in [5.41, 5.74) is 7.95. The largest absolute Gasteiger partial charge is 0.493 e. The van der Waals surface area contributed by atoms with Gasteiger partial charge in [0.1, 0.15) is 5.75 Å². The first-order valence-electron chi connectivity index (χ1n) is 6.78. The number of hydrogen-bond donors (Lipinski definition) is 1. The Kier molecular flexibility index (Phi) is 4.43. The Morgan fingerprint density at radius 1 is 1.53 bits per heavy atom. The van der Waals surface area contributed by atoms with E-state index >= 15 is 0 Å². The lowest BCUT2D eigenvalue weighted by Crippen LogP contribution is -2.29. The van der Waals surface area contributed by atoms with Gasteiger partial charge in [-0.1, -0.05) is 19.1 Å². The van der Waals surface area contributed by atoms with Crippen LogP contribution in [0.2, 0.25) is 0 Å². The molecule has 1 amide bonds. The molecule has 0 bridgehead atoms. The second-order valence-corrected chi connectivity index (χ2v) is 5.34. The zero-order chi connectivity index (χ0) is 13.8. The molecule has 0 fully saturated rings. The average Bonchev–Trinajstić information content (AvgIpc) is 2.85. The van der Waals surface area contributed by atoms with Crippen molar-refractivity contribution in [1.82, 2.24) is 4.90 Å². The zero-order valence-corrected chi connectivity index (χ0v) is 11.7. The lowest BCUT2D eigenvalue weighted by atomic mass is 10.1. The van der Waals surface area contributed by atoms with E-state index in [1.165, 1.54) is 5.56 Å². The second kappa shape index (κ2) is 6.06. The second-order valence-electron chi connectivity index (χ2n) is 5.34. The van der Waals surface area contributed by atoms with Crippen LogP contribution in [0.25, 0.3) is 0 Å². The maximum atomic E-state index is 12.0. The lowest BCUT2D eigenvalue weighted by Gasteiger charge is -2.19. The minimum atomic E-state index is 0.148. The number of ether oxygens (including phenoxy) is 1. The van der Waals surface area contributed by atoms with Gasteiger partial charge in [0.25, 0.3) is 0 Å². The van der Waals surface area contributed by atoms with E-state index in [2.05, 4.69) is 6.07 Å². The number of nitrogens with zero attached hydrogens (tertiary/aromatic N) is 1. The van der Waals surface area contributed by atoms with E-state index in [-0.39, 0.29) is 11.8 Å². The molecule has 0 spiro atoms. The molecule has 1 aliphatic rings. The first-order chi connectivity index (χ1) is 9.10. The molecule has 1 atom stereocenters. The molecule has 0 saturated carbocycles. The molecule has 19 heavy (non-hydrogen) atoms. The average molecular weight is 262 g/mol. The van der Waals surface area contributed by atoms with Gasteiger partial charge in [-0.3, -0.25) is 4.79 Å². The van der Waals surface area contributed by atoms with E-state index in [1.54, 1.807) is 4.90 Å². The Balaban J connectivity index is 1.95. The van der Waals surface area contributed by atoms with Crippen molar-refractivity contribution in [1.29, 1.82) is 0 Å². The van der Waals surface area contributed by atoms with E-state index in [0.717, 1.165) is 24.3 Å². The molecule has 104 valence electrons. The summed E-state index contributed by atoms with van der Waals surface area (Å²) in [5.74, 6) is 1.37. The van der Waals surface area contributed by atoms with Gasteiger partial charge < -0.3 is 15.4 Å². The van der Waals surface area contributed by atoms with Gasteiger partial charge in [0.2, 0.25) is 5.91 Å². The lowest BCUT2D eigenvalue weighted by molar-refractivity contribution is -0.131. The summed E-state index contributed by atoms with van der Waals surface area (Å²) in [6.45, 7) is 3.96. The van der Waals surface area contributed by atoms with Crippen molar-refractivity contribution in [2.24, 2.45) is 11.7 Å². The molecule has 0 saturated heterocycles. The van der Waals surface area contributed by atoms with Crippen LogP contribution in [0.15, 0.2) is 18.2 Å². The quantitative estimate of drug-likeness (QED) is 0.876. The van der Waals surface area contributed by atoms with Crippen LogP contribution in [0.4, 0.5) is 0 Å². The van der Waals surface area contributed by atoms with Gasteiger partial charge in [-0.15, -0.1) is 0 Å². The van der Waals surface area contributed by atoms with Crippen molar-refractivity contribution in [3.63, 3.8) is 0 Å². The van der Waals surface area contributed by atoms with E-state index < -0.39 is 0 Å². The van der Waals surface area contributed by atoms with Crippen molar-refractivity contribution in [2.45, 2.75) is 26.3 Å². The smallest absolute Gasteiger partial charge is 0.222 e. The highest BCUT2D eigenvalue weighted by Crippen LogP contribution is 2.26. The summed E-state index contributed by atoms with van der Waals surface area (Å²) in [5, 5.41) is 0. The number of hydrogen-bond acceptors (Lipinski definition) is 3. The van der Waals surface area contributed by atoms with Gasteiger partial charge >= 0.3 is 0 Å². The molecule has 1 aliphatic heterocycles. The number of carbonyl (C=O) groups is 1. The summed E-state index contributed by atoms with van der Waals surface area (Å²) in [4.78, 5) is 13.8. The maximum Gasteiger partial charge on any atom is 0.222 e. The minimum Gasteiger partial charge on any atom is -0.493 e. The van der Waals surface area contributed by atoms with Crippen molar-refractivity contribution in [3.8, 4) is 5.75 Å². The van der Waals surface area contributed by atoms with E-state index in [4.69, 9.17) is 10.5 Å². The molecule has 0 aliphatic carbocycles. The van der Waals surface area contributed by atoms with Gasteiger partial charge in [0.05, 0.1) is 6.61 Å². The zero-order valence-electron chi connectivity index (χ0n) is 11.7. The van der Waals surface area contributed by atoms with Crippen LogP contribution >= 0.6 is 0 Å². The molecule has 2 rings (SSSR count). The number of nitrogens with two attached hydrogens (primary N) is 1. The number of fused-ring (bicyclic) bond motifs is 1. The van der Waals surface area contributed by atoms with Crippen LogP contribution in [0.1, 0.15) is 24.5 Å². The van der Waals surface area contributed by atoms with Crippen LogP contribution in [0.5, 0.6) is 5.75 Å². The molecule has 1 aromatic carbocycles. The normalized spacial score (nSPS) is 14.7. The molecule has 1 heterocycles. The number of amides is 1. The summed E-state index contributed by atoms with van der Waals surface area (Å²) < 4.78 is 5.48. The van der Waals surface area contributed by atoms with Crippen molar-refractivity contribution >= 4 is 5.91 Å². The molecule has 2 N–H and O–H groups in total. The van der Waals surface area contributed by atoms with Gasteiger partial charge in [0, 0.05) is 26.4 Å². The Morgan fingerprint density at radius 2 is 2.32 bits per heavy atom. The third kappa shape index (κ3) is 3.47. The summed E-state index contributed by atoms with van der Waals surface area (Å²) in [6, 6.07) is 6.16. The van der Waals surface area contributed by atoms with E-state index in [0.29, 0.717) is 19.5 Å². The highest BCUT2D eigenvalue weighted by atomic mass is 16.5. The fourth-order valence-electron chi connectivity index (χ4n) is 2.24. The van der Waals surface area contributed by atoms with Crippen LogP contribution < -0.4 is 10.5 Å². The topological polar surface area (TPSA) is 55.6 Å². The number of rotatable bonds is 5. The third-order valence-corrected chi connectivity index (χ3v) is 3.52. The van der Waals surface area contributed by atoms with Gasteiger partial charge in [-0.05, 0) is 29.7 Å². The predicted octanol–water partition coefficient (Wildman–Crippen LogP) is 1.56.